The van der Waals surface area contributed by atoms with Gasteiger partial charge in [-0.1, -0.05) is 24.6 Å². The van der Waals surface area contributed by atoms with Gasteiger partial charge in [0.05, 0.1) is 23.7 Å². The van der Waals surface area contributed by atoms with Gasteiger partial charge in [-0.05, 0) is 37.7 Å². The first kappa shape index (κ1) is 26.1. The van der Waals surface area contributed by atoms with Crippen LogP contribution in [0.25, 0.3) is 22.0 Å². The second-order valence-electron chi connectivity index (χ2n) is 9.31. The van der Waals surface area contributed by atoms with Crippen LogP contribution in [-0.4, -0.2) is 62.2 Å². The van der Waals surface area contributed by atoms with Gasteiger partial charge in [-0.3, -0.25) is 4.90 Å². The van der Waals surface area contributed by atoms with E-state index in [9.17, 15) is 9.50 Å². The molecule has 2 aromatic heterocycles. The molecule has 0 radical (unpaired) electrons. The van der Waals surface area contributed by atoms with Gasteiger partial charge in [0, 0.05) is 49.0 Å². The Morgan fingerprint density at radius 2 is 1.87 bits per heavy atom. The summed E-state index contributed by atoms with van der Waals surface area (Å²) in [6, 6.07) is 7.31. The fraction of sp³-hybridized carbons (Fsp3) is 0.333. The lowest BCUT2D eigenvalue weighted by Crippen LogP contribution is -2.49. The van der Waals surface area contributed by atoms with E-state index in [0.717, 1.165) is 12.6 Å². The van der Waals surface area contributed by atoms with E-state index >= 15 is 4.39 Å². The number of halogens is 3. The third kappa shape index (κ3) is 5.24. The third-order valence-electron chi connectivity index (χ3n) is 6.62. The van der Waals surface area contributed by atoms with Crippen LogP contribution in [-0.2, 0) is 13.1 Å². The number of benzene rings is 2. The maximum absolute atomic E-state index is 16.2. The maximum atomic E-state index is 16.2. The summed E-state index contributed by atoms with van der Waals surface area (Å²) in [5, 5.41) is 14.2. The molecule has 4 aromatic rings. The van der Waals surface area contributed by atoms with Crippen molar-refractivity contribution in [3.05, 3.63) is 71.0 Å². The molecule has 2 N–H and O–H groups in total. The predicted molar refractivity (Wildman–Crippen MR) is 143 cm³/mol. The number of aromatic nitrogens is 4. The van der Waals surface area contributed by atoms with Gasteiger partial charge in [0.2, 0.25) is 0 Å². The van der Waals surface area contributed by atoms with E-state index in [4.69, 9.17) is 16.6 Å². The van der Waals surface area contributed by atoms with Crippen molar-refractivity contribution in [2.24, 2.45) is 0 Å². The van der Waals surface area contributed by atoms with Crippen LogP contribution in [0.3, 0.4) is 0 Å². The molecule has 198 valence electrons. The lowest BCUT2D eigenvalue weighted by molar-refractivity contribution is 0.258. The van der Waals surface area contributed by atoms with E-state index in [1.807, 2.05) is 6.92 Å². The highest BCUT2D eigenvalue weighted by Gasteiger charge is 2.27. The van der Waals surface area contributed by atoms with Gasteiger partial charge in [-0.25, -0.2) is 28.7 Å². The number of anilines is 1. The standard InChI is InChI=1S/C27H28ClF2N7O/c1-3-36(14-21-32-8-5-9-33-21)15-22-34-26-17(27(35-22)37-11-10-31-16(2)13-37)12-18(28)23(25(26)30)24-19(29)6-4-7-20(24)38/h4-9,12,16,31,38H,3,10-11,13-15H2,1-2H3. The number of nitrogens with one attached hydrogen (secondary N) is 1. The van der Waals surface area contributed by atoms with Crippen molar-refractivity contribution in [2.75, 3.05) is 31.1 Å². The minimum atomic E-state index is -0.810. The molecule has 0 bridgehead atoms. The van der Waals surface area contributed by atoms with Crippen LogP contribution in [0.5, 0.6) is 5.75 Å². The summed E-state index contributed by atoms with van der Waals surface area (Å²) in [5.41, 5.74) is -0.514. The van der Waals surface area contributed by atoms with Crippen LogP contribution >= 0.6 is 11.6 Å². The molecule has 1 atom stereocenters. The lowest BCUT2D eigenvalue weighted by atomic mass is 10.0. The van der Waals surface area contributed by atoms with Crippen LogP contribution in [0.15, 0.2) is 42.7 Å². The Bertz CT molecular complexity index is 1440. The van der Waals surface area contributed by atoms with Crippen LogP contribution in [0, 0.1) is 11.6 Å². The summed E-state index contributed by atoms with van der Waals surface area (Å²) in [5.74, 6) is -0.375. The number of nitrogens with zero attached hydrogens (tertiary/aromatic N) is 6. The normalized spacial score (nSPS) is 15.9. The Morgan fingerprint density at radius 3 is 2.58 bits per heavy atom. The molecule has 1 aliphatic heterocycles. The summed E-state index contributed by atoms with van der Waals surface area (Å²) < 4.78 is 31.0. The molecule has 1 fully saturated rings. The van der Waals surface area contributed by atoms with Crippen molar-refractivity contribution >= 4 is 28.3 Å². The molecule has 1 unspecified atom stereocenters. The van der Waals surface area contributed by atoms with Crippen LogP contribution < -0.4 is 10.2 Å². The second kappa shape index (κ2) is 11.1. The molecule has 0 amide bonds. The first-order valence-corrected chi connectivity index (χ1v) is 12.9. The molecule has 1 saturated heterocycles. The minimum absolute atomic E-state index is 0.0188. The lowest BCUT2D eigenvalue weighted by Gasteiger charge is -2.33. The fourth-order valence-corrected chi connectivity index (χ4v) is 5.03. The Hall–Kier alpha value is -3.47. The molecule has 0 aliphatic carbocycles. The highest BCUT2D eigenvalue weighted by atomic mass is 35.5. The molecular weight excluding hydrogens is 512 g/mol. The summed E-state index contributed by atoms with van der Waals surface area (Å²) in [6.07, 6.45) is 3.37. The average molecular weight is 540 g/mol. The molecule has 11 heteroatoms. The zero-order valence-electron chi connectivity index (χ0n) is 21.1. The maximum Gasteiger partial charge on any atom is 0.159 e. The second-order valence-corrected chi connectivity index (χ2v) is 9.72. The smallest absolute Gasteiger partial charge is 0.159 e. The Morgan fingerprint density at radius 1 is 1.11 bits per heavy atom. The van der Waals surface area contributed by atoms with E-state index in [1.165, 1.54) is 12.1 Å². The molecule has 1 aliphatic rings. The van der Waals surface area contributed by atoms with Gasteiger partial charge in [0.15, 0.2) is 5.82 Å². The van der Waals surface area contributed by atoms with Crippen molar-refractivity contribution in [3.8, 4) is 16.9 Å². The van der Waals surface area contributed by atoms with Crippen LogP contribution in [0.1, 0.15) is 25.5 Å². The summed E-state index contributed by atoms with van der Waals surface area (Å²) in [4.78, 5) is 22.2. The molecule has 5 rings (SSSR count). The molecule has 0 spiro atoms. The largest absolute Gasteiger partial charge is 0.507 e. The van der Waals surface area contributed by atoms with E-state index in [2.05, 4.69) is 37.0 Å². The highest BCUT2D eigenvalue weighted by molar-refractivity contribution is 6.34. The van der Waals surface area contributed by atoms with Gasteiger partial charge in [0.1, 0.15) is 34.6 Å². The van der Waals surface area contributed by atoms with Crippen molar-refractivity contribution in [1.29, 1.82) is 0 Å². The van der Waals surface area contributed by atoms with Gasteiger partial charge < -0.3 is 15.3 Å². The van der Waals surface area contributed by atoms with Crippen LogP contribution in [0.2, 0.25) is 5.02 Å². The molecule has 3 heterocycles. The van der Waals surface area contributed by atoms with Crippen LogP contribution in [0.4, 0.5) is 14.6 Å². The monoisotopic (exact) mass is 539 g/mol. The number of rotatable bonds is 7. The summed E-state index contributed by atoms with van der Waals surface area (Å²) in [6.45, 7) is 7.60. The SMILES string of the molecule is CCN(Cc1ncccn1)Cc1nc(N2CCNC(C)C2)c2cc(Cl)c(-c3c(O)cccc3F)c(F)c2n1. The van der Waals surface area contributed by atoms with E-state index in [0.29, 0.717) is 55.6 Å². The van der Waals surface area contributed by atoms with E-state index in [1.54, 1.807) is 24.5 Å². The molecule has 8 nitrogen and oxygen atoms in total. The van der Waals surface area contributed by atoms with Gasteiger partial charge in [-0.2, -0.15) is 0 Å². The average Bonchev–Trinajstić information content (AvgIpc) is 2.90. The van der Waals surface area contributed by atoms with E-state index in [-0.39, 0.29) is 27.7 Å². The van der Waals surface area contributed by atoms with Crippen molar-refractivity contribution in [1.82, 2.24) is 30.2 Å². The highest BCUT2D eigenvalue weighted by Crippen LogP contribution is 2.42. The van der Waals surface area contributed by atoms with Crippen molar-refractivity contribution in [2.45, 2.75) is 33.0 Å². The molecule has 2 aromatic carbocycles. The first-order chi connectivity index (χ1) is 18.4. The Balaban J connectivity index is 1.65. The van der Waals surface area contributed by atoms with Gasteiger partial charge >= 0.3 is 0 Å². The Labute approximate surface area is 224 Å². The number of phenolic OH excluding ortho intramolecular Hbond substituents is 1. The quantitative estimate of drug-likeness (QED) is 0.354. The number of aromatic hydroxyl groups is 1. The van der Waals surface area contributed by atoms with E-state index < -0.39 is 17.4 Å². The number of fused-ring (bicyclic) bond motifs is 1. The fourth-order valence-electron chi connectivity index (χ4n) is 4.74. The summed E-state index contributed by atoms with van der Waals surface area (Å²) >= 11 is 6.54. The van der Waals surface area contributed by atoms with Gasteiger partial charge in [-0.15, -0.1) is 0 Å². The number of hydrogen-bond acceptors (Lipinski definition) is 8. The number of phenols is 1. The molecule has 38 heavy (non-hydrogen) atoms. The first-order valence-electron chi connectivity index (χ1n) is 12.5. The predicted octanol–water partition coefficient (Wildman–Crippen LogP) is 4.54. The third-order valence-corrected chi connectivity index (χ3v) is 6.91. The zero-order valence-corrected chi connectivity index (χ0v) is 21.9. The zero-order chi connectivity index (χ0) is 26.8. The number of hydrogen-bond donors (Lipinski definition) is 2. The summed E-state index contributed by atoms with van der Waals surface area (Å²) in [7, 11) is 0. The van der Waals surface area contributed by atoms with Crippen molar-refractivity contribution in [3.63, 3.8) is 0 Å². The number of piperazine rings is 1. The Kier molecular flexibility index (Phi) is 7.64. The minimum Gasteiger partial charge on any atom is -0.507 e. The molecule has 0 saturated carbocycles. The van der Waals surface area contributed by atoms with Crippen molar-refractivity contribution < 1.29 is 13.9 Å². The molecular formula is C27H28ClF2N7O. The topological polar surface area (TPSA) is 90.3 Å². The van der Waals surface area contributed by atoms with Gasteiger partial charge in [0.25, 0.3) is 0 Å².